The molecule has 2 N–H and O–H groups in total. The van der Waals surface area contributed by atoms with Crippen molar-refractivity contribution in [2.24, 2.45) is 0 Å². The third-order valence-electron chi connectivity index (χ3n) is 1.92. The van der Waals surface area contributed by atoms with Gasteiger partial charge in [0.05, 0.1) is 7.57 Å². The molecule has 0 aliphatic heterocycles. The summed E-state index contributed by atoms with van der Waals surface area (Å²) in [4.78, 5) is 10.8. The van der Waals surface area contributed by atoms with Crippen molar-refractivity contribution in [1.82, 2.24) is 4.72 Å². The standard InChI is InChI=1S/C8H9Br2NO4S2/c1-2-4(8(12)13)11-17(14,15)5-3-6(9)16-7(5)10/h3-4,11H,2H2,1H3,(H,12,13)/t4-/m1/s1. The van der Waals surface area contributed by atoms with Crippen molar-refractivity contribution in [3.8, 4) is 0 Å². The first kappa shape index (κ1) is 15.1. The molecule has 0 unspecified atom stereocenters. The maximum Gasteiger partial charge on any atom is 0.321 e. The summed E-state index contributed by atoms with van der Waals surface area (Å²) in [5.74, 6) is -1.19. The van der Waals surface area contributed by atoms with Crippen molar-refractivity contribution in [3.63, 3.8) is 0 Å². The molecule has 0 bridgehead atoms. The Kier molecular flexibility index (Phi) is 5.14. The molecule has 1 rings (SSSR count). The Morgan fingerprint density at radius 2 is 2.18 bits per heavy atom. The summed E-state index contributed by atoms with van der Waals surface area (Å²) in [5, 5.41) is 8.81. The Balaban J connectivity index is 3.04. The highest BCUT2D eigenvalue weighted by Gasteiger charge is 2.26. The minimum absolute atomic E-state index is 0.0362. The van der Waals surface area contributed by atoms with Crippen LogP contribution in [-0.4, -0.2) is 25.5 Å². The van der Waals surface area contributed by atoms with Crippen LogP contribution in [0.1, 0.15) is 13.3 Å². The molecule has 1 aromatic heterocycles. The maximum atomic E-state index is 11.9. The first-order valence-corrected chi connectivity index (χ1v) is 8.36. The van der Waals surface area contributed by atoms with E-state index in [1.54, 1.807) is 6.92 Å². The second-order valence-electron chi connectivity index (χ2n) is 3.11. The molecule has 1 aromatic rings. The van der Waals surface area contributed by atoms with Crippen LogP contribution in [0.25, 0.3) is 0 Å². The largest absolute Gasteiger partial charge is 0.480 e. The molecule has 0 radical (unpaired) electrons. The number of sulfonamides is 1. The van der Waals surface area contributed by atoms with Crippen LogP contribution in [0.4, 0.5) is 0 Å². The molecular weight excluding hydrogens is 398 g/mol. The molecule has 0 aliphatic rings. The van der Waals surface area contributed by atoms with Gasteiger partial charge in [-0.3, -0.25) is 4.79 Å². The minimum Gasteiger partial charge on any atom is -0.480 e. The summed E-state index contributed by atoms with van der Waals surface area (Å²) in [6.07, 6.45) is 0.178. The van der Waals surface area contributed by atoms with E-state index in [0.717, 1.165) is 0 Å². The first-order chi connectivity index (χ1) is 7.77. The SMILES string of the molecule is CC[C@@H](NS(=O)(=O)c1cc(Br)sc1Br)C(=O)O. The van der Waals surface area contributed by atoms with Crippen molar-refractivity contribution < 1.29 is 18.3 Å². The van der Waals surface area contributed by atoms with Gasteiger partial charge in [0.15, 0.2) is 0 Å². The summed E-state index contributed by atoms with van der Waals surface area (Å²) >= 11 is 7.50. The molecule has 0 spiro atoms. The van der Waals surface area contributed by atoms with E-state index in [9.17, 15) is 13.2 Å². The molecule has 5 nitrogen and oxygen atoms in total. The van der Waals surface area contributed by atoms with Crippen LogP contribution in [0, 0.1) is 0 Å². The number of carboxylic acid groups (broad SMARTS) is 1. The second-order valence-corrected chi connectivity index (χ2v) is 8.54. The Labute approximate surface area is 120 Å². The van der Waals surface area contributed by atoms with Crippen molar-refractivity contribution in [3.05, 3.63) is 13.6 Å². The van der Waals surface area contributed by atoms with Gasteiger partial charge < -0.3 is 5.11 Å². The first-order valence-electron chi connectivity index (χ1n) is 4.48. The van der Waals surface area contributed by atoms with Crippen LogP contribution in [0.3, 0.4) is 0 Å². The van der Waals surface area contributed by atoms with E-state index in [2.05, 4.69) is 36.6 Å². The van der Waals surface area contributed by atoms with Crippen molar-refractivity contribution in [2.45, 2.75) is 24.3 Å². The number of carboxylic acids is 1. The monoisotopic (exact) mass is 405 g/mol. The van der Waals surface area contributed by atoms with Gasteiger partial charge in [0.2, 0.25) is 10.0 Å². The number of thiophene rings is 1. The number of hydrogen-bond donors (Lipinski definition) is 2. The van der Waals surface area contributed by atoms with E-state index in [-0.39, 0.29) is 11.3 Å². The highest BCUT2D eigenvalue weighted by Crippen LogP contribution is 2.34. The van der Waals surface area contributed by atoms with Gasteiger partial charge in [0, 0.05) is 0 Å². The fourth-order valence-electron chi connectivity index (χ4n) is 1.07. The van der Waals surface area contributed by atoms with E-state index in [1.165, 1.54) is 17.4 Å². The van der Waals surface area contributed by atoms with Crippen LogP contribution in [0.5, 0.6) is 0 Å². The smallest absolute Gasteiger partial charge is 0.321 e. The number of nitrogens with one attached hydrogen (secondary N) is 1. The highest BCUT2D eigenvalue weighted by atomic mass is 79.9. The zero-order valence-corrected chi connectivity index (χ0v) is 13.4. The quantitative estimate of drug-likeness (QED) is 0.786. The topological polar surface area (TPSA) is 83.5 Å². The summed E-state index contributed by atoms with van der Waals surface area (Å²) in [5.41, 5.74) is 0. The molecule has 0 saturated heterocycles. The van der Waals surface area contributed by atoms with E-state index >= 15 is 0 Å². The summed E-state index contributed by atoms with van der Waals surface area (Å²) in [6, 6.07) is 0.302. The van der Waals surface area contributed by atoms with Crippen LogP contribution in [-0.2, 0) is 14.8 Å². The average molecular weight is 407 g/mol. The predicted octanol–water partition coefficient (Wildman–Crippen LogP) is 2.41. The third-order valence-corrected chi connectivity index (χ3v) is 6.15. The van der Waals surface area contributed by atoms with Gasteiger partial charge in [-0.15, -0.1) is 11.3 Å². The lowest BCUT2D eigenvalue weighted by Gasteiger charge is -2.11. The lowest BCUT2D eigenvalue weighted by atomic mass is 10.2. The van der Waals surface area contributed by atoms with Crippen LogP contribution in [0.2, 0.25) is 0 Å². The van der Waals surface area contributed by atoms with Crippen molar-refractivity contribution in [2.75, 3.05) is 0 Å². The maximum absolute atomic E-state index is 11.9. The average Bonchev–Trinajstić information content (AvgIpc) is 2.54. The lowest BCUT2D eigenvalue weighted by molar-refractivity contribution is -0.139. The fraction of sp³-hybridized carbons (Fsp3) is 0.375. The van der Waals surface area contributed by atoms with Gasteiger partial charge in [-0.25, -0.2) is 8.42 Å². The summed E-state index contributed by atoms with van der Waals surface area (Å²) in [6.45, 7) is 1.60. The van der Waals surface area contributed by atoms with Gasteiger partial charge in [-0.1, -0.05) is 6.92 Å². The number of rotatable bonds is 5. The lowest BCUT2D eigenvalue weighted by Crippen LogP contribution is -2.40. The van der Waals surface area contributed by atoms with Gasteiger partial charge in [0.25, 0.3) is 0 Å². The van der Waals surface area contributed by atoms with E-state index in [4.69, 9.17) is 5.11 Å². The van der Waals surface area contributed by atoms with E-state index in [1.807, 2.05) is 0 Å². The van der Waals surface area contributed by atoms with Gasteiger partial charge in [-0.2, -0.15) is 4.72 Å². The molecule has 1 atom stereocenters. The summed E-state index contributed by atoms with van der Waals surface area (Å²) < 4.78 is 27.1. The van der Waals surface area contributed by atoms with Gasteiger partial charge in [0.1, 0.15) is 10.9 Å². The second kappa shape index (κ2) is 5.79. The van der Waals surface area contributed by atoms with Crippen LogP contribution < -0.4 is 4.72 Å². The van der Waals surface area contributed by atoms with Gasteiger partial charge >= 0.3 is 5.97 Å². The zero-order chi connectivity index (χ0) is 13.2. The molecule has 17 heavy (non-hydrogen) atoms. The molecule has 0 saturated carbocycles. The van der Waals surface area contributed by atoms with Gasteiger partial charge in [-0.05, 0) is 44.3 Å². The number of halogens is 2. The number of aliphatic carboxylic acids is 1. The number of hydrogen-bond acceptors (Lipinski definition) is 4. The molecule has 0 amide bonds. The number of carbonyl (C=O) groups is 1. The minimum atomic E-state index is -3.82. The molecule has 0 fully saturated rings. The Morgan fingerprint density at radius 1 is 1.59 bits per heavy atom. The highest BCUT2D eigenvalue weighted by molar-refractivity contribution is 9.12. The Hall–Kier alpha value is 0.0400. The van der Waals surface area contributed by atoms with Crippen molar-refractivity contribution >= 4 is 59.2 Å². The molecule has 1 heterocycles. The molecular formula is C8H9Br2NO4S2. The Bertz CT molecular complexity index is 526. The van der Waals surface area contributed by atoms with Crippen LogP contribution in [0.15, 0.2) is 18.5 Å². The molecule has 96 valence electrons. The molecule has 0 aliphatic carbocycles. The molecule has 0 aromatic carbocycles. The van der Waals surface area contributed by atoms with Crippen molar-refractivity contribution in [1.29, 1.82) is 0 Å². The van der Waals surface area contributed by atoms with E-state index in [0.29, 0.717) is 7.57 Å². The Morgan fingerprint density at radius 3 is 2.53 bits per heavy atom. The normalized spacial score (nSPS) is 13.6. The zero-order valence-electron chi connectivity index (χ0n) is 8.61. The predicted molar refractivity (Wildman–Crippen MR) is 71.8 cm³/mol. The fourth-order valence-corrected chi connectivity index (χ4v) is 6.15. The van der Waals surface area contributed by atoms with E-state index < -0.39 is 22.0 Å². The van der Waals surface area contributed by atoms with Crippen LogP contribution >= 0.6 is 43.2 Å². The summed E-state index contributed by atoms with van der Waals surface area (Å²) in [7, 11) is -3.82. The molecule has 9 heteroatoms. The third kappa shape index (κ3) is 3.75.